The van der Waals surface area contributed by atoms with Gasteiger partial charge >= 0.3 is 0 Å². The number of pyridine rings is 1. The molecule has 0 spiro atoms. The average Bonchev–Trinajstić information content (AvgIpc) is 3.20. The Bertz CT molecular complexity index is 1250. The molecule has 1 aromatic heterocycles. The first-order chi connectivity index (χ1) is 13.3. The number of benzene rings is 2. The molecule has 0 bridgehead atoms. The minimum atomic E-state index is -4.00. The summed E-state index contributed by atoms with van der Waals surface area (Å²) < 4.78 is 24.2. The lowest BCUT2D eigenvalue weighted by Crippen LogP contribution is -2.36. The molecular weight excluding hydrogens is 382 g/mol. The van der Waals surface area contributed by atoms with Gasteiger partial charge in [0.2, 0.25) is 10.0 Å². The third-order valence-electron chi connectivity index (χ3n) is 4.23. The molecule has 0 atom stereocenters. The second kappa shape index (κ2) is 6.56. The van der Waals surface area contributed by atoms with Crippen molar-refractivity contribution in [1.29, 1.82) is 0 Å². The van der Waals surface area contributed by atoms with Gasteiger partial charge in [0.25, 0.3) is 5.91 Å². The Balaban J connectivity index is 1.94. The first-order valence-corrected chi connectivity index (χ1v) is 9.60. The lowest BCUT2D eigenvalue weighted by Gasteiger charge is -2.14. The molecule has 11 heteroatoms. The van der Waals surface area contributed by atoms with Crippen molar-refractivity contribution in [2.45, 2.75) is 4.90 Å². The predicted molar refractivity (Wildman–Crippen MR) is 103 cm³/mol. The summed E-state index contributed by atoms with van der Waals surface area (Å²) in [4.78, 5) is 15.5. The van der Waals surface area contributed by atoms with Crippen molar-refractivity contribution in [3.05, 3.63) is 59.8 Å². The largest absolute Gasteiger partial charge is 0.364 e. The fourth-order valence-electron chi connectivity index (χ4n) is 3.00. The highest BCUT2D eigenvalue weighted by molar-refractivity contribution is 7.89. The lowest BCUT2D eigenvalue weighted by molar-refractivity contribution is 0.0996. The maximum Gasteiger partial charge on any atom is 0.267 e. The number of amides is 1. The zero-order valence-corrected chi connectivity index (χ0v) is 15.1. The van der Waals surface area contributed by atoms with E-state index in [1.807, 2.05) is 6.07 Å². The summed E-state index contributed by atoms with van der Waals surface area (Å²) in [6.45, 7) is 0. The first kappa shape index (κ1) is 17.9. The number of hydrazine groups is 2. The molecule has 7 N–H and O–H groups in total. The van der Waals surface area contributed by atoms with Crippen LogP contribution >= 0.6 is 0 Å². The molecular formula is C17H15N7O3S. The molecule has 3 aromatic rings. The normalized spacial score (nSPS) is 13.7. The van der Waals surface area contributed by atoms with E-state index in [0.29, 0.717) is 16.6 Å². The average molecular weight is 397 g/mol. The summed E-state index contributed by atoms with van der Waals surface area (Å²) in [7, 11) is -4.00. The topological polar surface area (TPSA) is 165 Å². The summed E-state index contributed by atoms with van der Waals surface area (Å²) in [5, 5.41) is 10.2. The molecule has 0 fully saturated rings. The minimum absolute atomic E-state index is 0.0657. The van der Waals surface area contributed by atoms with Crippen molar-refractivity contribution in [2.24, 2.45) is 16.0 Å². The van der Waals surface area contributed by atoms with Crippen molar-refractivity contribution in [2.75, 3.05) is 0 Å². The van der Waals surface area contributed by atoms with Crippen LogP contribution in [0.5, 0.6) is 0 Å². The molecule has 2 aromatic carbocycles. The van der Waals surface area contributed by atoms with Gasteiger partial charge in [0.1, 0.15) is 5.69 Å². The van der Waals surface area contributed by atoms with Gasteiger partial charge in [-0.15, -0.1) is 10.6 Å². The highest BCUT2D eigenvalue weighted by Crippen LogP contribution is 2.31. The number of nitrogens with zero attached hydrogens (tertiary/aromatic N) is 2. The lowest BCUT2D eigenvalue weighted by atomic mass is 9.97. The van der Waals surface area contributed by atoms with E-state index in [0.717, 1.165) is 10.9 Å². The van der Waals surface area contributed by atoms with Crippen LogP contribution in [-0.4, -0.2) is 25.1 Å². The third-order valence-corrected chi connectivity index (χ3v) is 5.18. The van der Waals surface area contributed by atoms with Crippen LogP contribution in [0.1, 0.15) is 16.1 Å². The van der Waals surface area contributed by atoms with E-state index in [4.69, 9.17) is 10.9 Å². The molecule has 0 radical (unpaired) electrons. The van der Waals surface area contributed by atoms with Gasteiger partial charge in [-0.3, -0.25) is 10.2 Å². The Morgan fingerprint density at radius 2 is 1.89 bits per heavy atom. The van der Waals surface area contributed by atoms with Gasteiger partial charge in [-0.2, -0.15) is 0 Å². The van der Waals surface area contributed by atoms with Crippen LogP contribution in [0, 0.1) is 0 Å². The quantitative estimate of drug-likeness (QED) is 0.411. The molecule has 0 aliphatic carbocycles. The maximum absolute atomic E-state index is 12.1. The van der Waals surface area contributed by atoms with Crippen LogP contribution in [0.4, 0.5) is 0 Å². The number of rotatable bonds is 4. The molecule has 1 amide bonds. The molecule has 1 aliphatic rings. The maximum atomic E-state index is 12.1. The summed E-state index contributed by atoms with van der Waals surface area (Å²) in [5.41, 5.74) is 15.5. The van der Waals surface area contributed by atoms with E-state index in [2.05, 4.69) is 26.6 Å². The van der Waals surface area contributed by atoms with Gasteiger partial charge in [-0.05, 0) is 35.4 Å². The Hall–Kier alpha value is -3.54. The highest BCUT2D eigenvalue weighted by atomic mass is 32.2. The fraction of sp³-hybridized carbons (Fsp3) is 0. The second-order valence-electron chi connectivity index (χ2n) is 6.01. The van der Waals surface area contributed by atoms with Crippen LogP contribution in [0.25, 0.3) is 22.0 Å². The van der Waals surface area contributed by atoms with E-state index in [-0.39, 0.29) is 16.4 Å². The van der Waals surface area contributed by atoms with Gasteiger partial charge < -0.3 is 5.73 Å². The summed E-state index contributed by atoms with van der Waals surface area (Å²) in [6, 6.07) is 13.4. The summed E-state index contributed by atoms with van der Waals surface area (Å²) >= 11 is 0. The van der Waals surface area contributed by atoms with E-state index in [1.54, 1.807) is 30.3 Å². The highest BCUT2D eigenvalue weighted by Gasteiger charge is 2.24. The SMILES string of the molecule is NC(=O)c1ccc2cc(-c3cccc(S(N)(=O)=O)c3C3=NNNN3)ccc2n1. The van der Waals surface area contributed by atoms with Gasteiger partial charge in [0.15, 0.2) is 5.84 Å². The van der Waals surface area contributed by atoms with E-state index < -0.39 is 15.9 Å². The van der Waals surface area contributed by atoms with Gasteiger partial charge in [-0.1, -0.05) is 24.3 Å². The predicted octanol–water partition coefficient (Wildman–Crippen LogP) is -0.0779. The van der Waals surface area contributed by atoms with Crippen LogP contribution in [0.3, 0.4) is 0 Å². The Labute approximate surface area is 159 Å². The summed E-state index contributed by atoms with van der Waals surface area (Å²) in [6.07, 6.45) is 0. The number of nitrogens with two attached hydrogens (primary N) is 2. The molecule has 28 heavy (non-hydrogen) atoms. The number of sulfonamides is 1. The smallest absolute Gasteiger partial charge is 0.267 e. The number of aromatic nitrogens is 1. The zero-order valence-electron chi connectivity index (χ0n) is 14.3. The number of amidine groups is 1. The fourth-order valence-corrected chi connectivity index (χ4v) is 3.76. The van der Waals surface area contributed by atoms with Gasteiger partial charge in [0, 0.05) is 10.9 Å². The van der Waals surface area contributed by atoms with E-state index in [9.17, 15) is 13.2 Å². The second-order valence-corrected chi connectivity index (χ2v) is 7.54. The molecule has 0 saturated carbocycles. The molecule has 142 valence electrons. The van der Waals surface area contributed by atoms with E-state index in [1.165, 1.54) is 12.1 Å². The van der Waals surface area contributed by atoms with Crippen molar-refractivity contribution in [1.82, 2.24) is 21.5 Å². The number of hydrazone groups is 1. The zero-order chi connectivity index (χ0) is 19.9. The number of hydrogen-bond acceptors (Lipinski definition) is 8. The Kier molecular flexibility index (Phi) is 4.19. The molecule has 1 aliphatic heterocycles. The van der Waals surface area contributed by atoms with Gasteiger partial charge in [-0.25, -0.2) is 24.1 Å². The van der Waals surface area contributed by atoms with Crippen LogP contribution in [0.2, 0.25) is 0 Å². The summed E-state index contributed by atoms with van der Waals surface area (Å²) in [5.74, 6) is -0.332. The number of fused-ring (bicyclic) bond motifs is 1. The number of primary sulfonamides is 1. The van der Waals surface area contributed by atoms with Crippen molar-refractivity contribution < 1.29 is 13.2 Å². The monoisotopic (exact) mass is 397 g/mol. The third kappa shape index (κ3) is 3.13. The molecule has 0 saturated heterocycles. The molecule has 4 rings (SSSR count). The Morgan fingerprint density at radius 1 is 1.07 bits per heavy atom. The van der Waals surface area contributed by atoms with Gasteiger partial charge in [0.05, 0.1) is 10.4 Å². The van der Waals surface area contributed by atoms with E-state index >= 15 is 0 Å². The van der Waals surface area contributed by atoms with Crippen molar-refractivity contribution in [3.63, 3.8) is 0 Å². The van der Waals surface area contributed by atoms with Crippen molar-refractivity contribution >= 4 is 32.7 Å². The number of hydrogen-bond donors (Lipinski definition) is 5. The van der Waals surface area contributed by atoms with Crippen LogP contribution in [-0.2, 0) is 10.0 Å². The first-order valence-electron chi connectivity index (χ1n) is 8.05. The molecule has 10 nitrogen and oxygen atoms in total. The Morgan fingerprint density at radius 3 is 2.57 bits per heavy atom. The molecule has 0 unspecified atom stereocenters. The minimum Gasteiger partial charge on any atom is -0.364 e. The number of carbonyl (C=O) groups is 1. The van der Waals surface area contributed by atoms with Crippen molar-refractivity contribution in [3.8, 4) is 11.1 Å². The number of primary amides is 1. The van der Waals surface area contributed by atoms with Crippen LogP contribution < -0.4 is 27.4 Å². The number of carbonyl (C=O) groups excluding carboxylic acids is 1. The molecule has 2 heterocycles. The standard InChI is InChI=1S/C17H15N7O3S/c18-16(25)13-7-5-10-8-9(4-6-12(10)20-13)11-2-1-3-14(28(19,26)27)15(11)17-21-23-24-22-17/h1-8,23-24H,(H2,18,25)(H,21,22)(H2,19,26,27). The van der Waals surface area contributed by atoms with Crippen LogP contribution in [0.15, 0.2) is 58.5 Å². The number of nitrogens with one attached hydrogen (secondary N) is 3.